The summed E-state index contributed by atoms with van der Waals surface area (Å²) in [7, 11) is 1.64. The van der Waals surface area contributed by atoms with E-state index in [4.69, 9.17) is 4.42 Å². The second kappa shape index (κ2) is 6.73. The predicted octanol–water partition coefficient (Wildman–Crippen LogP) is 1.42. The zero-order valence-electron chi connectivity index (χ0n) is 13.2. The van der Waals surface area contributed by atoms with Gasteiger partial charge in [0.2, 0.25) is 11.8 Å². The molecule has 0 fully saturated rings. The Balaban J connectivity index is 1.76. The lowest BCUT2D eigenvalue weighted by molar-refractivity contribution is -0.132. The van der Waals surface area contributed by atoms with Gasteiger partial charge in [-0.15, -0.1) is 0 Å². The minimum Gasteiger partial charge on any atom is -0.469 e. The van der Waals surface area contributed by atoms with Crippen molar-refractivity contribution in [2.24, 2.45) is 5.92 Å². The summed E-state index contributed by atoms with van der Waals surface area (Å²) in [5, 5.41) is 2.66. The predicted molar refractivity (Wildman–Crippen MR) is 84.4 cm³/mol. The molecule has 2 aromatic rings. The molecule has 122 valence electrons. The van der Waals surface area contributed by atoms with Crippen LogP contribution in [-0.4, -0.2) is 34.9 Å². The molecular formula is C17H21N3O3. The minimum atomic E-state index is 0.00374. The highest BCUT2D eigenvalue weighted by Gasteiger charge is 2.26. The van der Waals surface area contributed by atoms with Gasteiger partial charge in [0.05, 0.1) is 19.2 Å². The van der Waals surface area contributed by atoms with Crippen LogP contribution in [-0.2, 0) is 29.1 Å². The largest absolute Gasteiger partial charge is 0.469 e. The Morgan fingerprint density at radius 3 is 2.91 bits per heavy atom. The van der Waals surface area contributed by atoms with E-state index >= 15 is 0 Å². The molecule has 0 aromatic carbocycles. The molecule has 2 aromatic heterocycles. The maximum atomic E-state index is 12.6. The van der Waals surface area contributed by atoms with E-state index in [1.165, 1.54) is 0 Å². The summed E-state index contributed by atoms with van der Waals surface area (Å²) in [6, 6.07) is 7.59. The smallest absolute Gasteiger partial charge is 0.230 e. The van der Waals surface area contributed by atoms with Gasteiger partial charge >= 0.3 is 0 Å². The third-order valence-corrected chi connectivity index (χ3v) is 4.22. The topological polar surface area (TPSA) is 67.5 Å². The summed E-state index contributed by atoms with van der Waals surface area (Å²) in [5.74, 6) is 0.794. The molecule has 3 rings (SSSR count). The summed E-state index contributed by atoms with van der Waals surface area (Å²) in [6.45, 7) is 1.89. The van der Waals surface area contributed by atoms with Crippen LogP contribution in [0.5, 0.6) is 0 Å². The molecular weight excluding hydrogens is 294 g/mol. The van der Waals surface area contributed by atoms with Gasteiger partial charge < -0.3 is 19.2 Å². The first-order chi connectivity index (χ1) is 11.2. The fraction of sp³-hybridized carbons (Fsp3) is 0.412. The molecule has 3 heterocycles. The molecule has 6 nitrogen and oxygen atoms in total. The van der Waals surface area contributed by atoms with Crippen LogP contribution in [0, 0.1) is 5.92 Å². The second-order valence-corrected chi connectivity index (χ2v) is 5.93. The zero-order chi connectivity index (χ0) is 16.2. The van der Waals surface area contributed by atoms with Crippen LogP contribution in [0.4, 0.5) is 0 Å². The summed E-state index contributed by atoms with van der Waals surface area (Å²) in [5.41, 5.74) is 1.09. The molecule has 1 aliphatic heterocycles. The molecule has 0 unspecified atom stereocenters. The van der Waals surface area contributed by atoms with Crippen LogP contribution in [0.25, 0.3) is 0 Å². The zero-order valence-corrected chi connectivity index (χ0v) is 13.2. The molecule has 23 heavy (non-hydrogen) atoms. The van der Waals surface area contributed by atoms with Crippen LogP contribution in [0.15, 0.2) is 41.1 Å². The lowest BCUT2D eigenvalue weighted by Gasteiger charge is -2.23. The minimum absolute atomic E-state index is 0.00374. The van der Waals surface area contributed by atoms with E-state index in [2.05, 4.69) is 9.88 Å². The fourth-order valence-corrected chi connectivity index (χ4v) is 3.04. The van der Waals surface area contributed by atoms with Gasteiger partial charge in [0, 0.05) is 44.4 Å². The molecule has 1 aliphatic rings. The standard InChI is InChI=1S/C17H21N3O3/c1-18-16(21)8-13-10-19-6-2-4-14(19)12-20(11-13)17(22)9-15-5-3-7-23-15/h2-7,13H,8-12H2,1H3,(H,18,21)/t13-/m1/s1. The third kappa shape index (κ3) is 3.64. The number of rotatable bonds is 4. The van der Waals surface area contributed by atoms with Crippen LogP contribution < -0.4 is 5.32 Å². The quantitative estimate of drug-likeness (QED) is 0.928. The van der Waals surface area contributed by atoms with Crippen molar-refractivity contribution in [3.05, 3.63) is 48.2 Å². The lowest BCUT2D eigenvalue weighted by Crippen LogP contribution is -2.36. The van der Waals surface area contributed by atoms with E-state index in [-0.39, 0.29) is 24.2 Å². The molecule has 6 heteroatoms. The Hall–Kier alpha value is -2.50. The van der Waals surface area contributed by atoms with Crippen molar-refractivity contribution in [2.45, 2.75) is 25.9 Å². The van der Waals surface area contributed by atoms with Gasteiger partial charge in [-0.1, -0.05) is 0 Å². The van der Waals surface area contributed by atoms with E-state index in [0.29, 0.717) is 25.3 Å². The molecule has 2 amide bonds. The molecule has 0 bridgehead atoms. The Bertz CT molecular complexity index is 675. The number of nitrogens with zero attached hydrogens (tertiary/aromatic N) is 2. The van der Waals surface area contributed by atoms with E-state index in [1.54, 1.807) is 25.4 Å². The number of amides is 2. The first kappa shape index (κ1) is 15.4. The van der Waals surface area contributed by atoms with Crippen LogP contribution >= 0.6 is 0 Å². The summed E-state index contributed by atoms with van der Waals surface area (Å²) >= 11 is 0. The Morgan fingerprint density at radius 1 is 1.30 bits per heavy atom. The van der Waals surface area contributed by atoms with Crippen LogP contribution in [0.2, 0.25) is 0 Å². The van der Waals surface area contributed by atoms with Crippen LogP contribution in [0.3, 0.4) is 0 Å². The van der Waals surface area contributed by atoms with Crippen LogP contribution in [0.1, 0.15) is 17.9 Å². The van der Waals surface area contributed by atoms with Gasteiger partial charge in [-0.2, -0.15) is 0 Å². The Morgan fingerprint density at radius 2 is 2.17 bits per heavy atom. The number of furan rings is 1. The highest BCUT2D eigenvalue weighted by Crippen LogP contribution is 2.20. The van der Waals surface area contributed by atoms with E-state index in [9.17, 15) is 9.59 Å². The number of hydrogen-bond donors (Lipinski definition) is 1. The van der Waals surface area contributed by atoms with Gasteiger partial charge in [0.25, 0.3) is 0 Å². The van der Waals surface area contributed by atoms with Gasteiger partial charge in [0.1, 0.15) is 5.76 Å². The Kier molecular flexibility index (Phi) is 4.50. The summed E-state index contributed by atoms with van der Waals surface area (Å²) in [4.78, 5) is 26.2. The van der Waals surface area contributed by atoms with E-state index in [1.807, 2.05) is 23.2 Å². The second-order valence-electron chi connectivity index (χ2n) is 5.93. The van der Waals surface area contributed by atoms with Crippen molar-refractivity contribution in [3.8, 4) is 0 Å². The van der Waals surface area contributed by atoms with Crippen molar-refractivity contribution in [2.75, 3.05) is 13.6 Å². The first-order valence-electron chi connectivity index (χ1n) is 7.80. The SMILES string of the molecule is CNC(=O)C[C@H]1CN(C(=O)Cc2ccco2)Cc2cccn2C1. The summed E-state index contributed by atoms with van der Waals surface area (Å²) in [6.07, 6.45) is 4.25. The highest BCUT2D eigenvalue weighted by molar-refractivity contribution is 5.78. The monoisotopic (exact) mass is 315 g/mol. The van der Waals surface area contributed by atoms with Crippen molar-refractivity contribution in [1.82, 2.24) is 14.8 Å². The van der Waals surface area contributed by atoms with Crippen molar-refractivity contribution in [1.29, 1.82) is 0 Å². The van der Waals surface area contributed by atoms with Crippen molar-refractivity contribution >= 4 is 11.8 Å². The van der Waals surface area contributed by atoms with Gasteiger partial charge in [0.15, 0.2) is 0 Å². The maximum absolute atomic E-state index is 12.6. The average Bonchev–Trinajstić information content (AvgIpc) is 3.16. The number of nitrogens with one attached hydrogen (secondary N) is 1. The number of carbonyl (C=O) groups excluding carboxylic acids is 2. The molecule has 0 radical (unpaired) electrons. The molecule has 0 spiro atoms. The van der Waals surface area contributed by atoms with E-state index in [0.717, 1.165) is 12.2 Å². The maximum Gasteiger partial charge on any atom is 0.230 e. The number of aromatic nitrogens is 1. The normalized spacial score (nSPS) is 17.4. The highest BCUT2D eigenvalue weighted by atomic mass is 16.3. The van der Waals surface area contributed by atoms with Gasteiger partial charge in [-0.05, 0) is 24.3 Å². The molecule has 1 N–H and O–H groups in total. The first-order valence-corrected chi connectivity index (χ1v) is 7.80. The van der Waals surface area contributed by atoms with E-state index < -0.39 is 0 Å². The molecule has 1 atom stereocenters. The van der Waals surface area contributed by atoms with Crippen molar-refractivity contribution in [3.63, 3.8) is 0 Å². The number of carbonyl (C=O) groups is 2. The third-order valence-electron chi connectivity index (χ3n) is 4.22. The van der Waals surface area contributed by atoms with Gasteiger partial charge in [-0.25, -0.2) is 0 Å². The lowest BCUT2D eigenvalue weighted by atomic mass is 10.0. The Labute approximate surface area is 135 Å². The summed E-state index contributed by atoms with van der Waals surface area (Å²) < 4.78 is 7.41. The average molecular weight is 315 g/mol. The molecule has 0 saturated heterocycles. The fourth-order valence-electron chi connectivity index (χ4n) is 3.04. The molecule has 0 saturated carbocycles. The number of hydrogen-bond acceptors (Lipinski definition) is 3. The number of fused-ring (bicyclic) bond motifs is 1. The van der Waals surface area contributed by atoms with Crippen molar-refractivity contribution < 1.29 is 14.0 Å². The van der Waals surface area contributed by atoms with Gasteiger partial charge in [-0.3, -0.25) is 9.59 Å². The molecule has 0 aliphatic carbocycles.